The Balaban J connectivity index is 2.19. The number of nitrogens with zero attached hydrogens (tertiary/aromatic N) is 1. The Morgan fingerprint density at radius 1 is 1.40 bits per heavy atom. The molecule has 0 radical (unpaired) electrons. The maximum atomic E-state index is 12.2. The minimum absolute atomic E-state index is 0.231. The first-order chi connectivity index (χ1) is 9.52. The van der Waals surface area contributed by atoms with Crippen LogP contribution >= 0.6 is 34.5 Å². The van der Waals surface area contributed by atoms with Gasteiger partial charge in [-0.3, -0.25) is 4.79 Å². The number of nitrogens with one attached hydrogen (secondary N) is 1. The summed E-state index contributed by atoms with van der Waals surface area (Å²) in [7, 11) is 1.44. The van der Waals surface area contributed by atoms with Crippen molar-refractivity contribution in [3.63, 3.8) is 0 Å². The first-order valence-electron chi connectivity index (χ1n) is 5.74. The fourth-order valence-electron chi connectivity index (χ4n) is 1.67. The summed E-state index contributed by atoms with van der Waals surface area (Å²) in [5, 5.41) is 6.14. The van der Waals surface area contributed by atoms with Crippen LogP contribution in [0, 0.1) is 6.92 Å². The second kappa shape index (κ2) is 6.43. The molecule has 0 atom stereocenters. The van der Waals surface area contributed by atoms with Crippen molar-refractivity contribution in [3.05, 3.63) is 43.8 Å². The molecule has 0 fully saturated rings. The molecular formula is C13H12Cl2N2O2S. The van der Waals surface area contributed by atoms with Crippen LogP contribution in [0.5, 0.6) is 5.75 Å². The van der Waals surface area contributed by atoms with Crippen molar-refractivity contribution in [2.75, 3.05) is 7.11 Å². The van der Waals surface area contributed by atoms with Gasteiger partial charge in [0, 0.05) is 11.1 Å². The summed E-state index contributed by atoms with van der Waals surface area (Å²) in [5.74, 6) is -0.0748. The highest BCUT2D eigenvalue weighted by atomic mass is 35.5. The number of rotatable bonds is 4. The van der Waals surface area contributed by atoms with Gasteiger partial charge in [-0.2, -0.15) is 0 Å². The van der Waals surface area contributed by atoms with Crippen molar-refractivity contribution in [3.8, 4) is 5.75 Å². The van der Waals surface area contributed by atoms with E-state index in [0.717, 1.165) is 10.7 Å². The van der Waals surface area contributed by atoms with Gasteiger partial charge in [0.1, 0.15) is 10.6 Å². The Bertz CT molecular complexity index is 643. The zero-order valence-corrected chi connectivity index (χ0v) is 13.2. The summed E-state index contributed by atoms with van der Waals surface area (Å²) in [5.41, 5.74) is 1.16. The van der Waals surface area contributed by atoms with Crippen molar-refractivity contribution >= 4 is 40.4 Å². The zero-order valence-electron chi connectivity index (χ0n) is 10.9. The molecule has 4 nitrogen and oxygen atoms in total. The Morgan fingerprint density at radius 3 is 2.70 bits per heavy atom. The molecule has 7 heteroatoms. The molecule has 0 saturated carbocycles. The Morgan fingerprint density at radius 2 is 2.10 bits per heavy atom. The molecule has 1 aromatic heterocycles. The minimum atomic E-state index is -0.345. The SMILES string of the molecule is COc1c(Cl)ccc(Cl)c1C(=O)NCc1nc(C)cs1. The maximum Gasteiger partial charge on any atom is 0.256 e. The van der Waals surface area contributed by atoms with Crippen LogP contribution in [0.25, 0.3) is 0 Å². The van der Waals surface area contributed by atoms with Crippen LogP contribution in [-0.4, -0.2) is 18.0 Å². The third kappa shape index (κ3) is 3.23. The number of amides is 1. The molecule has 0 unspecified atom stereocenters. The van der Waals surface area contributed by atoms with E-state index in [9.17, 15) is 4.79 Å². The van der Waals surface area contributed by atoms with Gasteiger partial charge in [-0.05, 0) is 19.1 Å². The van der Waals surface area contributed by atoms with Gasteiger partial charge < -0.3 is 10.1 Å². The van der Waals surface area contributed by atoms with E-state index in [1.807, 2.05) is 12.3 Å². The second-order valence-corrected chi connectivity index (χ2v) is 5.76. The lowest BCUT2D eigenvalue weighted by atomic mass is 10.2. The Hall–Kier alpha value is -1.30. The predicted octanol–water partition coefficient (Wildman–Crippen LogP) is 3.70. The standard InChI is InChI=1S/C13H12Cl2N2O2S/c1-7-6-20-10(17-7)5-16-13(18)11-8(14)3-4-9(15)12(11)19-2/h3-4,6H,5H2,1-2H3,(H,16,18). The molecule has 0 aliphatic heterocycles. The third-order valence-corrected chi connectivity index (χ3v) is 4.14. The predicted molar refractivity (Wildman–Crippen MR) is 81.0 cm³/mol. The van der Waals surface area contributed by atoms with Crippen molar-refractivity contribution < 1.29 is 9.53 Å². The molecule has 2 aromatic rings. The summed E-state index contributed by atoms with van der Waals surface area (Å²) in [6.45, 7) is 2.24. The fraction of sp³-hybridized carbons (Fsp3) is 0.231. The minimum Gasteiger partial charge on any atom is -0.494 e. The summed E-state index contributed by atoms with van der Waals surface area (Å²) in [4.78, 5) is 16.5. The molecule has 1 heterocycles. The van der Waals surface area contributed by atoms with Gasteiger partial charge in [0.2, 0.25) is 0 Å². The van der Waals surface area contributed by atoms with Gasteiger partial charge in [-0.15, -0.1) is 11.3 Å². The summed E-state index contributed by atoms with van der Waals surface area (Å²) < 4.78 is 5.14. The van der Waals surface area contributed by atoms with Crippen molar-refractivity contribution in [2.45, 2.75) is 13.5 Å². The van der Waals surface area contributed by atoms with Crippen LogP contribution in [0.15, 0.2) is 17.5 Å². The monoisotopic (exact) mass is 330 g/mol. The zero-order chi connectivity index (χ0) is 14.7. The molecule has 0 spiro atoms. The van der Waals surface area contributed by atoms with Gasteiger partial charge in [0.15, 0.2) is 5.75 Å². The molecule has 1 amide bonds. The van der Waals surface area contributed by atoms with Crippen LogP contribution in [0.1, 0.15) is 21.1 Å². The number of ether oxygens (including phenoxy) is 1. The average molecular weight is 331 g/mol. The Labute approximate surface area is 130 Å². The van der Waals surface area contributed by atoms with E-state index in [2.05, 4.69) is 10.3 Å². The molecule has 0 aliphatic rings. The van der Waals surface area contributed by atoms with E-state index < -0.39 is 0 Å². The number of aryl methyl sites for hydroxylation is 1. The van der Waals surface area contributed by atoms with Crippen LogP contribution in [0.3, 0.4) is 0 Å². The number of carbonyl (C=O) groups excluding carboxylic acids is 1. The average Bonchev–Trinajstić information content (AvgIpc) is 2.84. The number of hydrogen-bond acceptors (Lipinski definition) is 4. The highest BCUT2D eigenvalue weighted by Gasteiger charge is 2.19. The Kier molecular flexibility index (Phi) is 4.86. The summed E-state index contributed by atoms with van der Waals surface area (Å²) in [6.07, 6.45) is 0. The van der Waals surface area contributed by atoms with Crippen molar-refractivity contribution in [2.24, 2.45) is 0 Å². The van der Waals surface area contributed by atoms with Gasteiger partial charge in [-0.1, -0.05) is 23.2 Å². The van der Waals surface area contributed by atoms with Crippen molar-refractivity contribution in [1.29, 1.82) is 0 Å². The largest absolute Gasteiger partial charge is 0.494 e. The van der Waals surface area contributed by atoms with Gasteiger partial charge in [-0.25, -0.2) is 4.98 Å². The van der Waals surface area contributed by atoms with E-state index in [1.165, 1.54) is 18.4 Å². The highest BCUT2D eigenvalue weighted by Crippen LogP contribution is 2.33. The molecule has 0 saturated heterocycles. The number of aromatic nitrogens is 1. The molecule has 0 bridgehead atoms. The van der Waals surface area contributed by atoms with E-state index >= 15 is 0 Å². The van der Waals surface area contributed by atoms with Crippen LogP contribution in [-0.2, 0) is 6.54 Å². The summed E-state index contributed by atoms with van der Waals surface area (Å²) >= 11 is 13.5. The van der Waals surface area contributed by atoms with Crippen LogP contribution in [0.4, 0.5) is 0 Å². The molecule has 0 aliphatic carbocycles. The normalized spacial score (nSPS) is 10.4. The highest BCUT2D eigenvalue weighted by molar-refractivity contribution is 7.09. The molecule has 106 valence electrons. The smallest absolute Gasteiger partial charge is 0.256 e. The fourth-order valence-corrected chi connectivity index (χ4v) is 2.85. The molecule has 20 heavy (non-hydrogen) atoms. The molecule has 1 N–H and O–H groups in total. The summed E-state index contributed by atoms with van der Waals surface area (Å²) in [6, 6.07) is 3.15. The van der Waals surface area contributed by atoms with E-state index in [1.54, 1.807) is 12.1 Å². The number of benzene rings is 1. The first kappa shape index (κ1) is 15.1. The van der Waals surface area contributed by atoms with Crippen molar-refractivity contribution in [1.82, 2.24) is 10.3 Å². The topological polar surface area (TPSA) is 51.2 Å². The van der Waals surface area contributed by atoms with Gasteiger partial charge in [0.05, 0.1) is 23.7 Å². The van der Waals surface area contributed by atoms with Gasteiger partial charge in [0.25, 0.3) is 5.91 Å². The molecule has 1 aromatic carbocycles. The number of methoxy groups -OCH3 is 1. The van der Waals surface area contributed by atoms with Crippen LogP contribution in [0.2, 0.25) is 10.0 Å². The first-order valence-corrected chi connectivity index (χ1v) is 7.37. The quantitative estimate of drug-likeness (QED) is 0.929. The number of carbonyl (C=O) groups is 1. The lowest BCUT2D eigenvalue weighted by molar-refractivity contribution is 0.0948. The lowest BCUT2D eigenvalue weighted by Gasteiger charge is -2.11. The third-order valence-electron chi connectivity index (χ3n) is 2.56. The van der Waals surface area contributed by atoms with Crippen LogP contribution < -0.4 is 10.1 Å². The maximum absolute atomic E-state index is 12.2. The number of thiazole rings is 1. The number of hydrogen-bond donors (Lipinski definition) is 1. The van der Waals surface area contributed by atoms with E-state index in [0.29, 0.717) is 16.6 Å². The number of halogens is 2. The molecule has 2 rings (SSSR count). The van der Waals surface area contributed by atoms with E-state index in [-0.39, 0.29) is 17.2 Å². The lowest BCUT2D eigenvalue weighted by Crippen LogP contribution is -2.23. The second-order valence-electron chi connectivity index (χ2n) is 4.00. The van der Waals surface area contributed by atoms with Gasteiger partial charge >= 0.3 is 0 Å². The molecular weight excluding hydrogens is 319 g/mol. The van der Waals surface area contributed by atoms with E-state index in [4.69, 9.17) is 27.9 Å².